The fourth-order valence-electron chi connectivity index (χ4n) is 2.81. The van der Waals surface area contributed by atoms with Crippen LogP contribution in [0.2, 0.25) is 5.02 Å². The lowest BCUT2D eigenvalue weighted by Gasteiger charge is -2.13. The molecule has 3 aromatic rings. The first-order valence-corrected chi connectivity index (χ1v) is 9.18. The Morgan fingerprint density at radius 1 is 1.14 bits per heavy atom. The van der Waals surface area contributed by atoms with Crippen molar-refractivity contribution in [1.82, 2.24) is 20.7 Å². The third-order valence-electron chi connectivity index (χ3n) is 4.29. The molecule has 3 amide bonds. The van der Waals surface area contributed by atoms with Crippen molar-refractivity contribution in [1.29, 1.82) is 0 Å². The number of pyridine rings is 1. The summed E-state index contributed by atoms with van der Waals surface area (Å²) in [5, 5.41) is 2.48. The SMILES string of the molecule is CCn1cc(C(=O)NNC(=O)NCc2ccccc2)c(=O)c2cc(F)c(Cl)cc21. The molecular weight excluding hydrogens is 399 g/mol. The zero-order chi connectivity index (χ0) is 21.0. The molecule has 0 radical (unpaired) electrons. The molecule has 0 spiro atoms. The lowest BCUT2D eigenvalue weighted by atomic mass is 10.1. The van der Waals surface area contributed by atoms with Crippen LogP contribution in [0.1, 0.15) is 22.8 Å². The number of carbonyl (C=O) groups excluding carboxylic acids is 2. The van der Waals surface area contributed by atoms with Crippen LogP contribution in [-0.4, -0.2) is 16.5 Å². The molecular formula is C20H18ClFN4O3. The van der Waals surface area contributed by atoms with Crippen molar-refractivity contribution >= 4 is 34.4 Å². The number of aryl methyl sites for hydroxylation is 1. The number of rotatable bonds is 4. The number of carbonyl (C=O) groups is 2. The molecule has 0 fully saturated rings. The Balaban J connectivity index is 1.75. The molecule has 0 saturated heterocycles. The Hall–Kier alpha value is -3.39. The van der Waals surface area contributed by atoms with Crippen LogP contribution >= 0.6 is 11.6 Å². The third-order valence-corrected chi connectivity index (χ3v) is 4.58. The molecule has 0 aliphatic rings. The molecule has 29 heavy (non-hydrogen) atoms. The van der Waals surface area contributed by atoms with Crippen LogP contribution in [0.15, 0.2) is 53.5 Å². The summed E-state index contributed by atoms with van der Waals surface area (Å²) in [4.78, 5) is 36.9. The zero-order valence-electron chi connectivity index (χ0n) is 15.5. The van der Waals surface area contributed by atoms with E-state index in [1.54, 1.807) is 11.5 Å². The van der Waals surface area contributed by atoms with E-state index in [1.807, 2.05) is 30.3 Å². The van der Waals surface area contributed by atoms with Crippen molar-refractivity contribution in [2.75, 3.05) is 0 Å². The number of hydrazine groups is 1. The van der Waals surface area contributed by atoms with E-state index in [2.05, 4.69) is 16.2 Å². The van der Waals surface area contributed by atoms with Gasteiger partial charge in [0.05, 0.1) is 10.5 Å². The van der Waals surface area contributed by atoms with Gasteiger partial charge in [0.2, 0.25) is 5.43 Å². The largest absolute Gasteiger partial charge is 0.347 e. The van der Waals surface area contributed by atoms with Gasteiger partial charge >= 0.3 is 6.03 Å². The average Bonchev–Trinajstić information content (AvgIpc) is 2.73. The first kappa shape index (κ1) is 20.3. The fraction of sp³-hybridized carbons (Fsp3) is 0.150. The minimum atomic E-state index is -0.815. The number of amides is 3. The van der Waals surface area contributed by atoms with Crippen LogP contribution in [0.4, 0.5) is 9.18 Å². The second-order valence-electron chi connectivity index (χ2n) is 6.19. The number of hydrogen-bond donors (Lipinski definition) is 3. The molecule has 1 aromatic heterocycles. The number of urea groups is 1. The van der Waals surface area contributed by atoms with E-state index in [0.717, 1.165) is 11.6 Å². The molecule has 3 N–H and O–H groups in total. The van der Waals surface area contributed by atoms with E-state index in [-0.39, 0.29) is 22.5 Å². The molecule has 2 aromatic carbocycles. The van der Waals surface area contributed by atoms with Gasteiger partial charge in [0.25, 0.3) is 5.91 Å². The van der Waals surface area contributed by atoms with Crippen LogP contribution in [0.5, 0.6) is 0 Å². The maximum atomic E-state index is 13.8. The number of fused-ring (bicyclic) bond motifs is 1. The van der Waals surface area contributed by atoms with E-state index in [9.17, 15) is 18.8 Å². The van der Waals surface area contributed by atoms with E-state index in [1.165, 1.54) is 12.3 Å². The lowest BCUT2D eigenvalue weighted by molar-refractivity contribution is 0.0934. The maximum absolute atomic E-state index is 13.8. The molecule has 0 aliphatic heterocycles. The summed E-state index contributed by atoms with van der Waals surface area (Å²) in [5.41, 5.74) is 4.78. The molecule has 0 unspecified atom stereocenters. The molecule has 0 atom stereocenters. The smallest absolute Gasteiger partial charge is 0.333 e. The molecule has 0 aliphatic carbocycles. The van der Waals surface area contributed by atoms with Gasteiger partial charge in [0.1, 0.15) is 11.4 Å². The Labute approximate surface area is 170 Å². The summed E-state index contributed by atoms with van der Waals surface area (Å²) in [6.07, 6.45) is 1.35. The summed E-state index contributed by atoms with van der Waals surface area (Å²) in [6, 6.07) is 10.9. The van der Waals surface area contributed by atoms with Crippen molar-refractivity contribution in [3.8, 4) is 0 Å². The van der Waals surface area contributed by atoms with Crippen molar-refractivity contribution in [3.05, 3.63) is 80.9 Å². The van der Waals surface area contributed by atoms with Gasteiger partial charge in [-0.2, -0.15) is 0 Å². The van der Waals surface area contributed by atoms with Crippen LogP contribution in [0.25, 0.3) is 10.9 Å². The van der Waals surface area contributed by atoms with Gasteiger partial charge in [-0.1, -0.05) is 41.9 Å². The monoisotopic (exact) mass is 416 g/mol. The highest BCUT2D eigenvalue weighted by Crippen LogP contribution is 2.21. The highest BCUT2D eigenvalue weighted by molar-refractivity contribution is 6.31. The number of nitrogens with zero attached hydrogens (tertiary/aromatic N) is 1. The topological polar surface area (TPSA) is 92.2 Å². The zero-order valence-corrected chi connectivity index (χ0v) is 16.2. The minimum absolute atomic E-state index is 0.0231. The molecule has 150 valence electrons. The van der Waals surface area contributed by atoms with Gasteiger partial charge in [0.15, 0.2) is 0 Å². The van der Waals surface area contributed by atoms with Crippen LogP contribution < -0.4 is 21.6 Å². The predicted molar refractivity (Wildman–Crippen MR) is 108 cm³/mol. The fourth-order valence-corrected chi connectivity index (χ4v) is 2.97. The van der Waals surface area contributed by atoms with Gasteiger partial charge in [-0.3, -0.25) is 15.0 Å². The molecule has 0 saturated carbocycles. The van der Waals surface area contributed by atoms with Gasteiger partial charge in [-0.25, -0.2) is 14.6 Å². The van der Waals surface area contributed by atoms with Gasteiger partial charge in [-0.15, -0.1) is 0 Å². The Morgan fingerprint density at radius 3 is 2.55 bits per heavy atom. The molecule has 0 bridgehead atoms. The number of halogens is 2. The van der Waals surface area contributed by atoms with Crippen molar-refractivity contribution in [3.63, 3.8) is 0 Å². The van der Waals surface area contributed by atoms with E-state index in [0.29, 0.717) is 12.1 Å². The summed E-state index contributed by atoms with van der Waals surface area (Å²) < 4.78 is 15.4. The maximum Gasteiger partial charge on any atom is 0.333 e. The first-order valence-electron chi connectivity index (χ1n) is 8.81. The summed E-state index contributed by atoms with van der Waals surface area (Å²) >= 11 is 5.81. The molecule has 9 heteroatoms. The van der Waals surface area contributed by atoms with Crippen LogP contribution in [0, 0.1) is 5.82 Å². The highest BCUT2D eigenvalue weighted by Gasteiger charge is 2.17. The quantitative estimate of drug-likeness (QED) is 0.571. The normalized spacial score (nSPS) is 10.6. The first-order chi connectivity index (χ1) is 13.9. The van der Waals surface area contributed by atoms with E-state index in [4.69, 9.17) is 11.6 Å². The summed E-state index contributed by atoms with van der Waals surface area (Å²) in [6.45, 7) is 2.49. The number of hydrogen-bond acceptors (Lipinski definition) is 3. The van der Waals surface area contributed by atoms with Gasteiger partial charge in [0, 0.05) is 24.7 Å². The Bertz CT molecular complexity index is 1130. The van der Waals surface area contributed by atoms with Crippen molar-refractivity contribution in [2.24, 2.45) is 0 Å². The van der Waals surface area contributed by atoms with Gasteiger partial charge in [-0.05, 0) is 24.6 Å². The third kappa shape index (κ3) is 4.55. The second-order valence-corrected chi connectivity index (χ2v) is 6.60. The molecule has 7 nitrogen and oxygen atoms in total. The summed E-state index contributed by atoms with van der Waals surface area (Å²) in [5.74, 6) is -1.57. The predicted octanol–water partition coefficient (Wildman–Crippen LogP) is 2.96. The van der Waals surface area contributed by atoms with E-state index >= 15 is 0 Å². The van der Waals surface area contributed by atoms with Crippen LogP contribution in [0.3, 0.4) is 0 Å². The Kier molecular flexibility index (Phi) is 6.13. The Morgan fingerprint density at radius 2 is 1.86 bits per heavy atom. The van der Waals surface area contributed by atoms with Crippen molar-refractivity contribution < 1.29 is 14.0 Å². The summed E-state index contributed by atoms with van der Waals surface area (Å²) in [7, 11) is 0. The van der Waals surface area contributed by atoms with Crippen LogP contribution in [-0.2, 0) is 13.1 Å². The second kappa shape index (κ2) is 8.74. The standard InChI is InChI=1S/C20H18ClFN4O3/c1-2-26-11-14(18(27)13-8-16(22)15(21)9-17(13)26)19(28)24-25-20(29)23-10-12-6-4-3-5-7-12/h3-9,11H,2,10H2,1H3,(H,24,28)(H2,23,25,29). The van der Waals surface area contributed by atoms with Gasteiger partial charge < -0.3 is 9.88 Å². The molecule has 1 heterocycles. The highest BCUT2D eigenvalue weighted by atomic mass is 35.5. The van der Waals surface area contributed by atoms with E-state index < -0.39 is 23.2 Å². The molecule has 3 rings (SSSR count). The average molecular weight is 417 g/mol. The number of benzene rings is 2. The number of aromatic nitrogens is 1. The van der Waals surface area contributed by atoms with Crippen molar-refractivity contribution in [2.45, 2.75) is 20.0 Å². The minimum Gasteiger partial charge on any atom is -0.347 e. The lowest BCUT2D eigenvalue weighted by Crippen LogP contribution is -2.47. The number of nitrogens with one attached hydrogen (secondary N) is 3.